The zero-order chi connectivity index (χ0) is 12.9. The highest BCUT2D eigenvalue weighted by atomic mass is 15.0. The summed E-state index contributed by atoms with van der Waals surface area (Å²) in [6, 6.07) is 1.52. The van der Waals surface area contributed by atoms with Crippen LogP contribution in [0.4, 0.5) is 0 Å². The minimum absolute atomic E-state index is 0.561. The van der Waals surface area contributed by atoms with Gasteiger partial charge < -0.3 is 5.32 Å². The summed E-state index contributed by atoms with van der Waals surface area (Å²) in [5.74, 6) is 3.99. The first-order valence-corrected chi connectivity index (χ1v) is 8.21. The van der Waals surface area contributed by atoms with Crippen LogP contribution in [0, 0.1) is 29.1 Å². The van der Waals surface area contributed by atoms with E-state index >= 15 is 0 Å². The van der Waals surface area contributed by atoms with Gasteiger partial charge in [0.1, 0.15) is 0 Å². The second-order valence-electron chi connectivity index (χ2n) is 8.45. The first-order chi connectivity index (χ1) is 8.44. The van der Waals surface area contributed by atoms with Gasteiger partial charge in [-0.1, -0.05) is 27.2 Å². The highest BCUT2D eigenvalue weighted by Crippen LogP contribution is 2.50. The third kappa shape index (κ3) is 2.35. The fourth-order valence-corrected chi connectivity index (χ4v) is 5.48. The maximum absolute atomic E-state index is 4.01. The average Bonchev–Trinajstić information content (AvgIpc) is 2.93. The van der Waals surface area contributed by atoms with E-state index in [0.29, 0.717) is 5.41 Å². The Balaban J connectivity index is 1.57. The summed E-state index contributed by atoms with van der Waals surface area (Å²) in [5.41, 5.74) is 0.561. The van der Waals surface area contributed by atoms with Gasteiger partial charge in [0.2, 0.25) is 0 Å². The number of rotatable bonds is 3. The maximum Gasteiger partial charge on any atom is 0.0101 e. The van der Waals surface area contributed by atoms with Crippen LogP contribution >= 0.6 is 0 Å². The summed E-state index contributed by atoms with van der Waals surface area (Å²) in [6.07, 6.45) is 8.88. The number of nitrogens with one attached hydrogen (secondary N) is 1. The Kier molecular flexibility index (Phi) is 3.25. The van der Waals surface area contributed by atoms with Crippen molar-refractivity contribution in [2.75, 3.05) is 0 Å². The molecule has 3 aliphatic carbocycles. The molecule has 0 saturated heterocycles. The molecule has 3 saturated carbocycles. The van der Waals surface area contributed by atoms with E-state index in [1.165, 1.54) is 32.1 Å². The topological polar surface area (TPSA) is 12.0 Å². The molecule has 1 nitrogen and oxygen atoms in total. The molecule has 3 fully saturated rings. The quantitative estimate of drug-likeness (QED) is 0.789. The predicted octanol–water partition coefficient (Wildman–Crippen LogP) is 4.23. The SMILES string of the molecule is CC1CC(C)(C)CC1NC(C)C1CC2CCC1C2. The second-order valence-corrected chi connectivity index (χ2v) is 8.45. The molecule has 0 heterocycles. The van der Waals surface area contributed by atoms with Gasteiger partial charge in [0.05, 0.1) is 0 Å². The van der Waals surface area contributed by atoms with Crippen LogP contribution in [0.15, 0.2) is 0 Å². The maximum atomic E-state index is 4.01. The van der Waals surface area contributed by atoms with E-state index in [1.54, 1.807) is 6.42 Å². The highest BCUT2D eigenvalue weighted by molar-refractivity contribution is 4.97. The zero-order valence-corrected chi connectivity index (χ0v) is 12.7. The lowest BCUT2D eigenvalue weighted by atomic mass is 9.83. The third-order valence-corrected chi connectivity index (χ3v) is 6.25. The fraction of sp³-hybridized carbons (Fsp3) is 1.00. The molecule has 0 aromatic carbocycles. The van der Waals surface area contributed by atoms with Gasteiger partial charge >= 0.3 is 0 Å². The van der Waals surface area contributed by atoms with Crippen LogP contribution < -0.4 is 5.32 Å². The Morgan fingerprint density at radius 1 is 1.11 bits per heavy atom. The molecular formula is C17H31N. The summed E-state index contributed by atoms with van der Waals surface area (Å²) in [6.45, 7) is 9.78. The van der Waals surface area contributed by atoms with E-state index in [0.717, 1.165) is 35.8 Å². The molecule has 3 rings (SSSR count). The number of fused-ring (bicyclic) bond motifs is 2. The Bertz CT molecular complexity index is 309. The van der Waals surface area contributed by atoms with E-state index in [9.17, 15) is 0 Å². The Morgan fingerprint density at radius 2 is 1.89 bits per heavy atom. The van der Waals surface area contributed by atoms with Crippen molar-refractivity contribution in [3.8, 4) is 0 Å². The molecule has 6 atom stereocenters. The smallest absolute Gasteiger partial charge is 0.0101 e. The van der Waals surface area contributed by atoms with E-state index in [2.05, 4.69) is 33.0 Å². The monoisotopic (exact) mass is 249 g/mol. The Morgan fingerprint density at radius 3 is 2.39 bits per heavy atom. The van der Waals surface area contributed by atoms with Gasteiger partial charge in [0.15, 0.2) is 0 Å². The van der Waals surface area contributed by atoms with Gasteiger partial charge in [0.25, 0.3) is 0 Å². The summed E-state index contributed by atoms with van der Waals surface area (Å²) in [5, 5.41) is 4.01. The van der Waals surface area contributed by atoms with Crippen molar-refractivity contribution in [1.29, 1.82) is 0 Å². The van der Waals surface area contributed by atoms with Crippen molar-refractivity contribution in [3.05, 3.63) is 0 Å². The lowest BCUT2D eigenvalue weighted by Gasteiger charge is -2.32. The first-order valence-electron chi connectivity index (χ1n) is 8.21. The zero-order valence-electron chi connectivity index (χ0n) is 12.7. The van der Waals surface area contributed by atoms with Crippen molar-refractivity contribution in [1.82, 2.24) is 5.32 Å². The highest BCUT2D eigenvalue weighted by Gasteiger charge is 2.43. The molecule has 0 aliphatic heterocycles. The molecule has 0 aromatic rings. The van der Waals surface area contributed by atoms with Crippen LogP contribution in [0.2, 0.25) is 0 Å². The molecule has 0 aromatic heterocycles. The summed E-state index contributed by atoms with van der Waals surface area (Å²) >= 11 is 0. The molecule has 104 valence electrons. The lowest BCUT2D eigenvalue weighted by Crippen LogP contribution is -2.43. The standard InChI is InChI=1S/C17H31N/c1-11-9-17(3,4)10-16(11)18-12(2)15-8-13-5-6-14(15)7-13/h11-16,18H,5-10H2,1-4H3. The van der Waals surface area contributed by atoms with Gasteiger partial charge in [-0.15, -0.1) is 0 Å². The molecule has 1 N–H and O–H groups in total. The molecule has 0 radical (unpaired) electrons. The molecular weight excluding hydrogens is 218 g/mol. The van der Waals surface area contributed by atoms with E-state index in [4.69, 9.17) is 0 Å². The van der Waals surface area contributed by atoms with Crippen molar-refractivity contribution in [2.45, 2.75) is 78.3 Å². The molecule has 0 amide bonds. The van der Waals surface area contributed by atoms with Crippen molar-refractivity contribution >= 4 is 0 Å². The molecule has 6 unspecified atom stereocenters. The largest absolute Gasteiger partial charge is 0.311 e. The molecule has 18 heavy (non-hydrogen) atoms. The van der Waals surface area contributed by atoms with E-state index < -0.39 is 0 Å². The Hall–Kier alpha value is -0.0400. The molecule has 0 spiro atoms. The molecule has 1 heteroatoms. The second kappa shape index (κ2) is 4.51. The van der Waals surface area contributed by atoms with Crippen molar-refractivity contribution < 1.29 is 0 Å². The van der Waals surface area contributed by atoms with Gasteiger partial charge in [-0.3, -0.25) is 0 Å². The first kappa shape index (κ1) is 13.0. The minimum atomic E-state index is 0.561. The summed E-state index contributed by atoms with van der Waals surface area (Å²) < 4.78 is 0. The molecule has 3 aliphatic rings. The average molecular weight is 249 g/mol. The van der Waals surface area contributed by atoms with Crippen LogP contribution in [0.1, 0.15) is 66.2 Å². The van der Waals surface area contributed by atoms with Gasteiger partial charge in [-0.25, -0.2) is 0 Å². The van der Waals surface area contributed by atoms with Crippen molar-refractivity contribution in [2.24, 2.45) is 29.1 Å². The predicted molar refractivity (Wildman–Crippen MR) is 77.5 cm³/mol. The Labute approximate surface area is 113 Å². The van der Waals surface area contributed by atoms with Crippen LogP contribution in [0.3, 0.4) is 0 Å². The fourth-order valence-electron chi connectivity index (χ4n) is 5.48. The number of hydrogen-bond donors (Lipinski definition) is 1. The van der Waals surface area contributed by atoms with Crippen molar-refractivity contribution in [3.63, 3.8) is 0 Å². The summed E-state index contributed by atoms with van der Waals surface area (Å²) in [4.78, 5) is 0. The summed E-state index contributed by atoms with van der Waals surface area (Å²) in [7, 11) is 0. The third-order valence-electron chi connectivity index (χ3n) is 6.25. The lowest BCUT2D eigenvalue weighted by molar-refractivity contribution is 0.232. The normalized spacial score (nSPS) is 47.7. The molecule has 2 bridgehead atoms. The van der Waals surface area contributed by atoms with Gasteiger partial charge in [-0.2, -0.15) is 0 Å². The minimum Gasteiger partial charge on any atom is -0.311 e. The van der Waals surface area contributed by atoms with Gasteiger partial charge in [-0.05, 0) is 68.1 Å². The van der Waals surface area contributed by atoms with Crippen LogP contribution in [-0.2, 0) is 0 Å². The number of hydrogen-bond acceptors (Lipinski definition) is 1. The van der Waals surface area contributed by atoms with Crippen LogP contribution in [0.25, 0.3) is 0 Å². The van der Waals surface area contributed by atoms with Crippen LogP contribution in [0.5, 0.6) is 0 Å². The van der Waals surface area contributed by atoms with E-state index in [-0.39, 0.29) is 0 Å². The van der Waals surface area contributed by atoms with Gasteiger partial charge in [0, 0.05) is 12.1 Å². The van der Waals surface area contributed by atoms with E-state index in [1.807, 2.05) is 0 Å². The van der Waals surface area contributed by atoms with Crippen LogP contribution in [-0.4, -0.2) is 12.1 Å².